The Hall–Kier alpha value is -1.36. The lowest BCUT2D eigenvalue weighted by Gasteiger charge is -2.04. The van der Waals surface area contributed by atoms with E-state index in [0.717, 1.165) is 15.6 Å². The summed E-state index contributed by atoms with van der Waals surface area (Å²) >= 11 is 3.42. The van der Waals surface area contributed by atoms with Gasteiger partial charge in [0.25, 0.3) is 5.89 Å². The highest BCUT2D eigenvalue weighted by Gasteiger charge is 2.10. The van der Waals surface area contributed by atoms with E-state index in [4.69, 9.17) is 10.3 Å². The topological polar surface area (TPSA) is 64.9 Å². The zero-order valence-electron chi connectivity index (χ0n) is 7.49. The molecule has 0 unspecified atom stereocenters. The summed E-state index contributed by atoms with van der Waals surface area (Å²) in [5.74, 6) is 0.462. The predicted octanol–water partition coefficient (Wildman–Crippen LogP) is 2.39. The van der Waals surface area contributed by atoms with Crippen LogP contribution in [-0.2, 0) is 0 Å². The SMILES string of the molecule is Cc1cc(Br)c(-c2ncno2)cc1N. The highest BCUT2D eigenvalue weighted by atomic mass is 79.9. The number of hydrogen-bond acceptors (Lipinski definition) is 4. The predicted molar refractivity (Wildman–Crippen MR) is 56.6 cm³/mol. The lowest BCUT2D eigenvalue weighted by Crippen LogP contribution is -1.91. The van der Waals surface area contributed by atoms with Crippen LogP contribution >= 0.6 is 15.9 Å². The van der Waals surface area contributed by atoms with E-state index >= 15 is 0 Å². The molecule has 0 fully saturated rings. The molecule has 5 heteroatoms. The molecule has 0 saturated carbocycles. The zero-order chi connectivity index (χ0) is 10.1. The largest absolute Gasteiger partial charge is 0.398 e. The Morgan fingerprint density at radius 3 is 2.86 bits per heavy atom. The normalized spacial score (nSPS) is 10.4. The summed E-state index contributed by atoms with van der Waals surface area (Å²) in [6.45, 7) is 1.94. The molecule has 1 aromatic carbocycles. The van der Waals surface area contributed by atoms with Gasteiger partial charge in [0.15, 0.2) is 6.33 Å². The second-order valence-electron chi connectivity index (χ2n) is 2.94. The standard InChI is InChI=1S/C9H8BrN3O/c1-5-2-7(10)6(3-8(5)11)9-12-4-13-14-9/h2-4H,11H2,1H3. The fourth-order valence-corrected chi connectivity index (χ4v) is 1.77. The van der Waals surface area contributed by atoms with Gasteiger partial charge < -0.3 is 10.3 Å². The molecule has 2 rings (SSSR count). The summed E-state index contributed by atoms with van der Waals surface area (Å²) in [5.41, 5.74) is 8.32. The minimum Gasteiger partial charge on any atom is -0.398 e. The third kappa shape index (κ3) is 1.50. The summed E-state index contributed by atoms with van der Waals surface area (Å²) in [5, 5.41) is 3.54. The van der Waals surface area contributed by atoms with Crippen molar-refractivity contribution < 1.29 is 4.52 Å². The lowest BCUT2D eigenvalue weighted by molar-refractivity contribution is 0.430. The van der Waals surface area contributed by atoms with Crippen molar-refractivity contribution in [1.29, 1.82) is 0 Å². The van der Waals surface area contributed by atoms with Gasteiger partial charge in [-0.25, -0.2) is 0 Å². The van der Waals surface area contributed by atoms with E-state index in [9.17, 15) is 0 Å². The van der Waals surface area contributed by atoms with Gasteiger partial charge in [0.05, 0.1) is 5.56 Å². The highest BCUT2D eigenvalue weighted by Crippen LogP contribution is 2.30. The van der Waals surface area contributed by atoms with Crippen LogP contribution in [0.5, 0.6) is 0 Å². The number of hydrogen-bond donors (Lipinski definition) is 1. The van der Waals surface area contributed by atoms with Crippen LogP contribution in [0.15, 0.2) is 27.5 Å². The molecule has 14 heavy (non-hydrogen) atoms. The fraction of sp³-hybridized carbons (Fsp3) is 0.111. The van der Waals surface area contributed by atoms with Crippen LogP contribution in [0.25, 0.3) is 11.5 Å². The van der Waals surface area contributed by atoms with Gasteiger partial charge in [-0.1, -0.05) is 5.16 Å². The smallest absolute Gasteiger partial charge is 0.258 e. The molecule has 2 N–H and O–H groups in total. The third-order valence-electron chi connectivity index (χ3n) is 1.95. The number of aromatic nitrogens is 2. The summed E-state index contributed by atoms with van der Waals surface area (Å²) in [4.78, 5) is 3.95. The molecule has 4 nitrogen and oxygen atoms in total. The van der Waals surface area contributed by atoms with Crippen LogP contribution in [0.1, 0.15) is 5.56 Å². The number of halogens is 1. The Morgan fingerprint density at radius 2 is 2.21 bits per heavy atom. The Labute approximate surface area is 89.2 Å². The molecule has 0 bridgehead atoms. The number of benzene rings is 1. The first-order valence-corrected chi connectivity index (χ1v) is 4.80. The molecule has 72 valence electrons. The summed E-state index contributed by atoms with van der Waals surface area (Å²) in [7, 11) is 0. The van der Waals surface area contributed by atoms with Crippen molar-refractivity contribution in [2.75, 3.05) is 5.73 Å². The fourth-order valence-electron chi connectivity index (χ4n) is 1.15. The van der Waals surface area contributed by atoms with E-state index < -0.39 is 0 Å². The maximum atomic E-state index is 5.78. The first-order valence-electron chi connectivity index (χ1n) is 4.01. The average molecular weight is 254 g/mol. The summed E-state index contributed by atoms with van der Waals surface area (Å²) in [6.07, 6.45) is 1.36. The van der Waals surface area contributed by atoms with Crippen molar-refractivity contribution in [2.24, 2.45) is 0 Å². The monoisotopic (exact) mass is 253 g/mol. The average Bonchev–Trinajstić information content (AvgIpc) is 2.64. The second-order valence-corrected chi connectivity index (χ2v) is 3.79. The number of nitrogens with zero attached hydrogens (tertiary/aromatic N) is 2. The van der Waals surface area contributed by atoms with Crippen LogP contribution in [0.4, 0.5) is 5.69 Å². The summed E-state index contributed by atoms with van der Waals surface area (Å²) in [6, 6.07) is 3.74. The van der Waals surface area contributed by atoms with E-state index in [1.165, 1.54) is 6.33 Å². The highest BCUT2D eigenvalue weighted by molar-refractivity contribution is 9.10. The van der Waals surface area contributed by atoms with Gasteiger partial charge in [0.1, 0.15) is 0 Å². The number of aryl methyl sites for hydroxylation is 1. The molecule has 0 aliphatic rings. The molecule has 1 aromatic heterocycles. The third-order valence-corrected chi connectivity index (χ3v) is 2.60. The molecular weight excluding hydrogens is 246 g/mol. The Kier molecular flexibility index (Phi) is 2.25. The van der Waals surface area contributed by atoms with Gasteiger partial charge in [-0.05, 0) is 40.5 Å². The van der Waals surface area contributed by atoms with Crippen LogP contribution in [0.3, 0.4) is 0 Å². The van der Waals surface area contributed by atoms with Crippen LogP contribution in [0, 0.1) is 6.92 Å². The molecule has 1 heterocycles. The van der Waals surface area contributed by atoms with Gasteiger partial charge in [0.2, 0.25) is 0 Å². The van der Waals surface area contributed by atoms with E-state index in [-0.39, 0.29) is 0 Å². The van der Waals surface area contributed by atoms with Crippen LogP contribution in [0.2, 0.25) is 0 Å². The number of anilines is 1. The van der Waals surface area contributed by atoms with E-state index in [0.29, 0.717) is 11.6 Å². The van der Waals surface area contributed by atoms with Gasteiger partial charge in [-0.15, -0.1) is 0 Å². The van der Waals surface area contributed by atoms with E-state index in [1.807, 2.05) is 19.1 Å². The van der Waals surface area contributed by atoms with Crippen molar-refractivity contribution in [3.05, 3.63) is 28.5 Å². The van der Waals surface area contributed by atoms with E-state index in [1.54, 1.807) is 0 Å². The van der Waals surface area contributed by atoms with E-state index in [2.05, 4.69) is 26.1 Å². The van der Waals surface area contributed by atoms with Crippen LogP contribution < -0.4 is 5.73 Å². The molecular formula is C9H8BrN3O. The Balaban J connectivity index is 2.60. The molecule has 0 spiro atoms. The minimum atomic E-state index is 0.462. The lowest BCUT2D eigenvalue weighted by atomic mass is 10.1. The Bertz CT molecular complexity index is 453. The number of rotatable bonds is 1. The maximum absolute atomic E-state index is 5.78. The van der Waals surface area contributed by atoms with Gasteiger partial charge in [0, 0.05) is 10.2 Å². The molecule has 0 radical (unpaired) electrons. The van der Waals surface area contributed by atoms with Gasteiger partial charge in [-0.2, -0.15) is 4.98 Å². The van der Waals surface area contributed by atoms with Crippen molar-refractivity contribution in [3.8, 4) is 11.5 Å². The molecule has 0 aliphatic heterocycles. The quantitative estimate of drug-likeness (QED) is 0.793. The van der Waals surface area contributed by atoms with Crippen molar-refractivity contribution in [3.63, 3.8) is 0 Å². The first-order chi connectivity index (χ1) is 6.68. The molecule has 0 amide bonds. The molecule has 0 aliphatic carbocycles. The van der Waals surface area contributed by atoms with Crippen molar-refractivity contribution in [2.45, 2.75) is 6.92 Å². The number of nitrogen functional groups attached to an aromatic ring is 1. The first kappa shape index (κ1) is 9.21. The number of nitrogens with two attached hydrogens (primary N) is 1. The van der Waals surface area contributed by atoms with Crippen LogP contribution in [-0.4, -0.2) is 10.1 Å². The van der Waals surface area contributed by atoms with Gasteiger partial charge >= 0.3 is 0 Å². The minimum absolute atomic E-state index is 0.462. The molecule has 0 saturated heterocycles. The van der Waals surface area contributed by atoms with Gasteiger partial charge in [-0.3, -0.25) is 0 Å². The van der Waals surface area contributed by atoms with Crippen molar-refractivity contribution in [1.82, 2.24) is 10.1 Å². The maximum Gasteiger partial charge on any atom is 0.258 e. The summed E-state index contributed by atoms with van der Waals surface area (Å²) < 4.78 is 5.85. The Morgan fingerprint density at radius 1 is 1.43 bits per heavy atom. The second kappa shape index (κ2) is 3.42. The van der Waals surface area contributed by atoms with Crippen molar-refractivity contribution >= 4 is 21.6 Å². The zero-order valence-corrected chi connectivity index (χ0v) is 9.08. The molecule has 0 atom stereocenters. The molecule has 2 aromatic rings.